The minimum atomic E-state index is 0.113. The Kier molecular flexibility index (Phi) is 4.35. The molecule has 1 saturated heterocycles. The van der Waals surface area contributed by atoms with Crippen molar-refractivity contribution in [2.75, 3.05) is 19.7 Å². The summed E-state index contributed by atoms with van der Waals surface area (Å²) in [6.07, 6.45) is 2.31. The lowest BCUT2D eigenvalue weighted by molar-refractivity contribution is -0.127. The van der Waals surface area contributed by atoms with Crippen LogP contribution in [0.4, 0.5) is 0 Å². The van der Waals surface area contributed by atoms with Gasteiger partial charge in [0.2, 0.25) is 5.91 Å². The van der Waals surface area contributed by atoms with Gasteiger partial charge in [0, 0.05) is 38.1 Å². The number of amides is 1. The number of nitrogens with two attached hydrogens (primary N) is 1. The molecule has 0 saturated carbocycles. The number of hydrogen-bond acceptors (Lipinski definition) is 3. The van der Waals surface area contributed by atoms with Crippen molar-refractivity contribution in [2.45, 2.75) is 32.2 Å². The molecular formula is C10H20N2O2. The summed E-state index contributed by atoms with van der Waals surface area (Å²) in [6.45, 7) is 3.60. The fourth-order valence-electron chi connectivity index (χ4n) is 1.72. The minimum Gasteiger partial charge on any atom is -0.396 e. The summed E-state index contributed by atoms with van der Waals surface area (Å²) in [5.74, 6) is 0.299. The van der Waals surface area contributed by atoms with Crippen molar-refractivity contribution in [3.05, 3.63) is 0 Å². The summed E-state index contributed by atoms with van der Waals surface area (Å²) in [7, 11) is 0. The highest BCUT2D eigenvalue weighted by molar-refractivity contribution is 5.78. The van der Waals surface area contributed by atoms with Crippen LogP contribution < -0.4 is 5.73 Å². The first-order valence-electron chi connectivity index (χ1n) is 5.31. The molecule has 0 spiro atoms. The van der Waals surface area contributed by atoms with Crippen molar-refractivity contribution in [3.8, 4) is 0 Å². The highest BCUT2D eigenvalue weighted by Gasteiger charge is 2.28. The van der Waals surface area contributed by atoms with E-state index in [1.165, 1.54) is 0 Å². The van der Waals surface area contributed by atoms with Crippen LogP contribution in [0.3, 0.4) is 0 Å². The van der Waals surface area contributed by atoms with E-state index in [0.29, 0.717) is 13.0 Å². The molecule has 0 aromatic heterocycles. The van der Waals surface area contributed by atoms with Gasteiger partial charge in [0.05, 0.1) is 0 Å². The van der Waals surface area contributed by atoms with Crippen LogP contribution in [0.2, 0.25) is 0 Å². The predicted molar refractivity (Wildman–Crippen MR) is 54.7 cm³/mol. The first-order chi connectivity index (χ1) is 6.67. The third-order valence-electron chi connectivity index (χ3n) is 2.85. The van der Waals surface area contributed by atoms with E-state index in [1.54, 1.807) is 0 Å². The largest absolute Gasteiger partial charge is 0.396 e. The second-order valence-corrected chi connectivity index (χ2v) is 4.05. The molecule has 1 heterocycles. The van der Waals surface area contributed by atoms with Crippen LogP contribution in [0.25, 0.3) is 0 Å². The highest BCUT2D eigenvalue weighted by Crippen LogP contribution is 2.17. The quantitative estimate of drug-likeness (QED) is 0.654. The zero-order valence-electron chi connectivity index (χ0n) is 8.78. The first kappa shape index (κ1) is 11.5. The highest BCUT2D eigenvalue weighted by atomic mass is 16.3. The molecule has 1 amide bonds. The molecule has 0 aromatic carbocycles. The molecule has 82 valence electrons. The van der Waals surface area contributed by atoms with Crippen molar-refractivity contribution >= 4 is 5.91 Å². The van der Waals surface area contributed by atoms with Gasteiger partial charge in [-0.1, -0.05) is 6.92 Å². The van der Waals surface area contributed by atoms with Crippen molar-refractivity contribution in [1.29, 1.82) is 0 Å². The van der Waals surface area contributed by atoms with Crippen molar-refractivity contribution in [3.63, 3.8) is 0 Å². The summed E-state index contributed by atoms with van der Waals surface area (Å²) in [5.41, 5.74) is 5.78. The third-order valence-corrected chi connectivity index (χ3v) is 2.85. The first-order valence-corrected chi connectivity index (χ1v) is 5.31. The summed E-state index contributed by atoms with van der Waals surface area (Å²) in [4.78, 5) is 13.2. The molecule has 1 fully saturated rings. The number of aliphatic hydroxyl groups is 1. The molecule has 4 heteroatoms. The fourth-order valence-corrected chi connectivity index (χ4v) is 1.72. The number of carbonyl (C=O) groups excluding carboxylic acids is 1. The maximum absolute atomic E-state index is 11.4. The van der Waals surface area contributed by atoms with Crippen molar-refractivity contribution < 1.29 is 9.90 Å². The third kappa shape index (κ3) is 2.96. The molecule has 0 radical (unpaired) electrons. The SMILES string of the molecule is CCC(N)CCN1CC(CO)CC1=O. The number of likely N-dealkylation sites (tertiary alicyclic amines) is 1. The van der Waals surface area contributed by atoms with Gasteiger partial charge < -0.3 is 15.7 Å². The van der Waals surface area contributed by atoms with Crippen LogP contribution in [0.5, 0.6) is 0 Å². The zero-order chi connectivity index (χ0) is 10.6. The Morgan fingerprint density at radius 3 is 2.93 bits per heavy atom. The van der Waals surface area contributed by atoms with Gasteiger partial charge in [-0.05, 0) is 12.8 Å². The smallest absolute Gasteiger partial charge is 0.223 e. The second-order valence-electron chi connectivity index (χ2n) is 4.05. The standard InChI is InChI=1S/C10H20N2O2/c1-2-9(11)3-4-12-6-8(7-13)5-10(12)14/h8-9,13H,2-7,11H2,1H3. The van der Waals surface area contributed by atoms with Crippen LogP contribution in [0.1, 0.15) is 26.2 Å². The van der Waals surface area contributed by atoms with Crippen LogP contribution in [-0.2, 0) is 4.79 Å². The Bertz CT molecular complexity index is 197. The minimum absolute atomic E-state index is 0.113. The summed E-state index contributed by atoms with van der Waals surface area (Å²) < 4.78 is 0. The summed E-state index contributed by atoms with van der Waals surface area (Å²) in [5, 5.41) is 8.92. The van der Waals surface area contributed by atoms with Crippen molar-refractivity contribution in [1.82, 2.24) is 4.90 Å². The molecule has 0 bridgehead atoms. The Labute approximate surface area is 85.1 Å². The average molecular weight is 200 g/mol. The van der Waals surface area contributed by atoms with Crippen LogP contribution in [0.15, 0.2) is 0 Å². The number of nitrogens with zero attached hydrogens (tertiary/aromatic N) is 1. The van der Waals surface area contributed by atoms with E-state index in [0.717, 1.165) is 19.4 Å². The fraction of sp³-hybridized carbons (Fsp3) is 0.900. The molecule has 1 aliphatic rings. The topological polar surface area (TPSA) is 66.6 Å². The van der Waals surface area contributed by atoms with Gasteiger partial charge in [-0.3, -0.25) is 4.79 Å². The van der Waals surface area contributed by atoms with Gasteiger partial charge >= 0.3 is 0 Å². The van der Waals surface area contributed by atoms with Gasteiger partial charge in [-0.15, -0.1) is 0 Å². The van der Waals surface area contributed by atoms with E-state index in [2.05, 4.69) is 0 Å². The average Bonchev–Trinajstić information content (AvgIpc) is 2.55. The molecule has 14 heavy (non-hydrogen) atoms. The van der Waals surface area contributed by atoms with Gasteiger partial charge in [0.15, 0.2) is 0 Å². The second kappa shape index (κ2) is 5.32. The summed E-state index contributed by atoms with van der Waals surface area (Å²) >= 11 is 0. The molecule has 2 atom stereocenters. The van der Waals surface area contributed by atoms with E-state index in [-0.39, 0.29) is 24.5 Å². The van der Waals surface area contributed by atoms with Gasteiger partial charge in [0.1, 0.15) is 0 Å². The Balaban J connectivity index is 2.28. The molecule has 1 rings (SSSR count). The lowest BCUT2D eigenvalue weighted by Crippen LogP contribution is -2.31. The molecule has 4 nitrogen and oxygen atoms in total. The lowest BCUT2D eigenvalue weighted by Gasteiger charge is -2.18. The Morgan fingerprint density at radius 1 is 1.71 bits per heavy atom. The van der Waals surface area contributed by atoms with Crippen LogP contribution >= 0.6 is 0 Å². The van der Waals surface area contributed by atoms with E-state index in [9.17, 15) is 4.79 Å². The molecule has 0 aliphatic carbocycles. The lowest BCUT2D eigenvalue weighted by atomic mass is 10.1. The Morgan fingerprint density at radius 2 is 2.43 bits per heavy atom. The van der Waals surface area contributed by atoms with Crippen LogP contribution in [-0.4, -0.2) is 41.7 Å². The molecule has 3 N–H and O–H groups in total. The molecule has 0 aromatic rings. The van der Waals surface area contributed by atoms with E-state index in [1.807, 2.05) is 11.8 Å². The maximum atomic E-state index is 11.4. The van der Waals surface area contributed by atoms with E-state index < -0.39 is 0 Å². The molecule has 2 unspecified atom stereocenters. The molecular weight excluding hydrogens is 180 g/mol. The van der Waals surface area contributed by atoms with Crippen molar-refractivity contribution in [2.24, 2.45) is 11.7 Å². The summed E-state index contributed by atoms with van der Waals surface area (Å²) in [6, 6.07) is 0.191. The number of hydrogen-bond donors (Lipinski definition) is 2. The van der Waals surface area contributed by atoms with E-state index in [4.69, 9.17) is 10.8 Å². The van der Waals surface area contributed by atoms with E-state index >= 15 is 0 Å². The monoisotopic (exact) mass is 200 g/mol. The number of aliphatic hydroxyl groups excluding tert-OH is 1. The van der Waals surface area contributed by atoms with Gasteiger partial charge in [-0.2, -0.15) is 0 Å². The maximum Gasteiger partial charge on any atom is 0.223 e. The van der Waals surface area contributed by atoms with Gasteiger partial charge in [0.25, 0.3) is 0 Å². The normalized spacial score (nSPS) is 24.4. The van der Waals surface area contributed by atoms with Gasteiger partial charge in [-0.25, -0.2) is 0 Å². The van der Waals surface area contributed by atoms with Crippen LogP contribution in [0, 0.1) is 5.92 Å². The number of carbonyl (C=O) groups is 1. The number of rotatable bonds is 5. The molecule has 1 aliphatic heterocycles. The Hall–Kier alpha value is -0.610. The predicted octanol–water partition coefficient (Wildman–Crippen LogP) is -0.0454. The zero-order valence-corrected chi connectivity index (χ0v) is 8.78.